The Labute approximate surface area is 113 Å². The highest BCUT2D eigenvalue weighted by atomic mass is 16.6. The Morgan fingerprint density at radius 1 is 1.37 bits per heavy atom. The van der Waals surface area contributed by atoms with Gasteiger partial charge in [0.1, 0.15) is 6.10 Å². The lowest BCUT2D eigenvalue weighted by Gasteiger charge is -2.39. The second-order valence-corrected chi connectivity index (χ2v) is 6.90. The van der Waals surface area contributed by atoms with Gasteiger partial charge in [-0.05, 0) is 44.9 Å². The third-order valence-corrected chi connectivity index (χ3v) is 5.49. The van der Waals surface area contributed by atoms with Crippen LogP contribution in [0.3, 0.4) is 0 Å². The van der Waals surface area contributed by atoms with Crippen molar-refractivity contribution in [1.82, 2.24) is 0 Å². The molecular weight excluding hydrogens is 244 g/mol. The lowest BCUT2D eigenvalue weighted by atomic mass is 9.77. The predicted molar refractivity (Wildman–Crippen MR) is 68.1 cm³/mol. The summed E-state index contributed by atoms with van der Waals surface area (Å²) in [7, 11) is 0. The standard InChI is InChI=1S/C15H22O4/c1-4-15(2,3)14(17)19-12-8-5-9-10(6-8)13(16)18-7-11(9)12/h8-12H,4-7H2,1-3H3. The first-order chi connectivity index (χ1) is 8.94. The minimum absolute atomic E-state index is 0.0346. The summed E-state index contributed by atoms with van der Waals surface area (Å²) in [4.78, 5) is 23.9. The Hall–Kier alpha value is -1.06. The zero-order chi connectivity index (χ0) is 13.8. The first-order valence-corrected chi connectivity index (χ1v) is 7.31. The van der Waals surface area contributed by atoms with Crippen molar-refractivity contribution in [3.05, 3.63) is 0 Å². The summed E-state index contributed by atoms with van der Waals surface area (Å²) in [6, 6.07) is 0. The van der Waals surface area contributed by atoms with Crippen LogP contribution in [0, 0.1) is 29.1 Å². The Bertz CT molecular complexity index is 414. The van der Waals surface area contributed by atoms with E-state index < -0.39 is 5.41 Å². The number of ether oxygens (including phenoxy) is 2. The van der Waals surface area contributed by atoms with E-state index in [-0.39, 0.29) is 29.9 Å². The van der Waals surface area contributed by atoms with Crippen LogP contribution in [0.1, 0.15) is 40.0 Å². The molecule has 4 nitrogen and oxygen atoms in total. The van der Waals surface area contributed by atoms with E-state index in [0.29, 0.717) is 18.4 Å². The largest absolute Gasteiger partial charge is 0.465 e. The molecule has 0 radical (unpaired) electrons. The van der Waals surface area contributed by atoms with Crippen LogP contribution in [0.15, 0.2) is 0 Å². The van der Waals surface area contributed by atoms with Gasteiger partial charge in [-0.2, -0.15) is 0 Å². The lowest BCUT2D eigenvalue weighted by molar-refractivity contribution is -0.179. The van der Waals surface area contributed by atoms with E-state index in [2.05, 4.69) is 0 Å². The highest BCUT2D eigenvalue weighted by Gasteiger charge is 2.59. The monoisotopic (exact) mass is 266 g/mol. The van der Waals surface area contributed by atoms with Gasteiger partial charge >= 0.3 is 11.9 Å². The normalized spacial score (nSPS) is 40.2. The van der Waals surface area contributed by atoms with E-state index >= 15 is 0 Å². The number of esters is 2. The van der Waals surface area contributed by atoms with Crippen LogP contribution in [-0.2, 0) is 19.1 Å². The molecule has 1 heterocycles. The summed E-state index contributed by atoms with van der Waals surface area (Å²) in [5, 5.41) is 0. The molecule has 3 aliphatic rings. The summed E-state index contributed by atoms with van der Waals surface area (Å²) in [5.74, 6) is 0.901. The molecule has 5 unspecified atom stereocenters. The second-order valence-electron chi connectivity index (χ2n) is 6.90. The summed E-state index contributed by atoms with van der Waals surface area (Å²) >= 11 is 0. The number of rotatable bonds is 3. The molecule has 0 aromatic heterocycles. The number of hydrogen-bond acceptors (Lipinski definition) is 4. The van der Waals surface area contributed by atoms with Gasteiger partial charge in [0.15, 0.2) is 0 Å². The molecule has 106 valence electrons. The fraction of sp³-hybridized carbons (Fsp3) is 0.867. The van der Waals surface area contributed by atoms with Gasteiger partial charge in [0.2, 0.25) is 0 Å². The molecule has 5 atom stereocenters. The van der Waals surface area contributed by atoms with Crippen LogP contribution in [0.25, 0.3) is 0 Å². The predicted octanol–water partition coefficient (Wildman–Crippen LogP) is 2.16. The molecule has 0 amide bonds. The highest BCUT2D eigenvalue weighted by molar-refractivity contribution is 5.77. The number of fused-ring (bicyclic) bond motifs is 1. The van der Waals surface area contributed by atoms with Crippen LogP contribution in [0.5, 0.6) is 0 Å². The van der Waals surface area contributed by atoms with Crippen molar-refractivity contribution in [2.75, 3.05) is 6.61 Å². The third kappa shape index (κ3) is 1.87. The molecule has 4 heteroatoms. The topological polar surface area (TPSA) is 52.6 Å². The van der Waals surface area contributed by atoms with Gasteiger partial charge < -0.3 is 9.47 Å². The fourth-order valence-electron chi connectivity index (χ4n) is 3.83. The van der Waals surface area contributed by atoms with E-state index in [1.165, 1.54) is 0 Å². The first-order valence-electron chi connectivity index (χ1n) is 7.31. The summed E-state index contributed by atoms with van der Waals surface area (Å²) in [6.07, 6.45) is 2.60. The van der Waals surface area contributed by atoms with Gasteiger partial charge in [0.05, 0.1) is 17.9 Å². The van der Waals surface area contributed by atoms with Crippen molar-refractivity contribution in [3.63, 3.8) is 0 Å². The van der Waals surface area contributed by atoms with Crippen molar-refractivity contribution >= 4 is 11.9 Å². The van der Waals surface area contributed by atoms with E-state index in [0.717, 1.165) is 19.3 Å². The fourth-order valence-corrected chi connectivity index (χ4v) is 3.83. The minimum atomic E-state index is -0.424. The van der Waals surface area contributed by atoms with Gasteiger partial charge in [-0.25, -0.2) is 0 Å². The van der Waals surface area contributed by atoms with Gasteiger partial charge in [0.25, 0.3) is 0 Å². The average Bonchev–Trinajstić information content (AvgIpc) is 2.94. The van der Waals surface area contributed by atoms with E-state index in [4.69, 9.17) is 9.47 Å². The van der Waals surface area contributed by atoms with Crippen LogP contribution >= 0.6 is 0 Å². The van der Waals surface area contributed by atoms with Crippen molar-refractivity contribution < 1.29 is 19.1 Å². The summed E-state index contributed by atoms with van der Waals surface area (Å²) in [5.41, 5.74) is -0.424. The van der Waals surface area contributed by atoms with Crippen LogP contribution in [0.4, 0.5) is 0 Å². The Kier molecular flexibility index (Phi) is 2.88. The maximum atomic E-state index is 12.2. The quantitative estimate of drug-likeness (QED) is 0.735. The Morgan fingerprint density at radius 3 is 2.79 bits per heavy atom. The van der Waals surface area contributed by atoms with Gasteiger partial charge in [-0.1, -0.05) is 6.92 Å². The third-order valence-electron chi connectivity index (χ3n) is 5.49. The molecule has 3 rings (SSSR count). The van der Waals surface area contributed by atoms with Crippen molar-refractivity contribution in [1.29, 1.82) is 0 Å². The summed E-state index contributed by atoms with van der Waals surface area (Å²) < 4.78 is 11.0. The highest BCUT2D eigenvalue weighted by Crippen LogP contribution is 2.55. The SMILES string of the molecule is CCC(C)(C)C(=O)OC1C2CC3C(=O)OCC1C3C2. The number of carbonyl (C=O) groups is 2. The Morgan fingerprint density at radius 2 is 2.11 bits per heavy atom. The molecule has 1 saturated heterocycles. The molecule has 2 bridgehead atoms. The zero-order valence-corrected chi connectivity index (χ0v) is 11.8. The molecule has 19 heavy (non-hydrogen) atoms. The molecule has 0 spiro atoms. The molecule has 0 aromatic carbocycles. The van der Waals surface area contributed by atoms with E-state index in [9.17, 15) is 9.59 Å². The molecule has 1 aliphatic heterocycles. The minimum Gasteiger partial charge on any atom is -0.465 e. The van der Waals surface area contributed by atoms with Crippen molar-refractivity contribution in [2.45, 2.75) is 46.1 Å². The van der Waals surface area contributed by atoms with Crippen molar-refractivity contribution in [2.24, 2.45) is 29.1 Å². The Balaban J connectivity index is 1.72. The molecular formula is C15H22O4. The molecule has 2 saturated carbocycles. The molecule has 2 aliphatic carbocycles. The maximum absolute atomic E-state index is 12.2. The van der Waals surface area contributed by atoms with Crippen LogP contribution < -0.4 is 0 Å². The molecule has 3 fully saturated rings. The number of hydrogen-bond donors (Lipinski definition) is 0. The van der Waals surface area contributed by atoms with Crippen LogP contribution in [0.2, 0.25) is 0 Å². The number of cyclic esters (lactones) is 1. The summed E-state index contributed by atoms with van der Waals surface area (Å²) in [6.45, 7) is 6.28. The average molecular weight is 266 g/mol. The number of carbonyl (C=O) groups excluding carboxylic acids is 2. The zero-order valence-electron chi connectivity index (χ0n) is 11.8. The molecule has 0 N–H and O–H groups in total. The van der Waals surface area contributed by atoms with Gasteiger partial charge in [-0.15, -0.1) is 0 Å². The van der Waals surface area contributed by atoms with Crippen molar-refractivity contribution in [3.8, 4) is 0 Å². The van der Waals surface area contributed by atoms with E-state index in [1.54, 1.807) is 0 Å². The van der Waals surface area contributed by atoms with Gasteiger partial charge in [-0.3, -0.25) is 9.59 Å². The van der Waals surface area contributed by atoms with Gasteiger partial charge in [0, 0.05) is 5.92 Å². The maximum Gasteiger partial charge on any atom is 0.311 e. The molecule has 0 aromatic rings. The first kappa shape index (κ1) is 12.9. The second kappa shape index (κ2) is 4.22. The van der Waals surface area contributed by atoms with Crippen LogP contribution in [-0.4, -0.2) is 24.6 Å². The lowest BCUT2D eigenvalue weighted by Crippen LogP contribution is -2.46. The smallest absolute Gasteiger partial charge is 0.311 e. The van der Waals surface area contributed by atoms with E-state index in [1.807, 2.05) is 20.8 Å².